The summed E-state index contributed by atoms with van der Waals surface area (Å²) in [5.74, 6) is -0.612. The molecule has 2 aromatic rings. The van der Waals surface area contributed by atoms with Gasteiger partial charge < -0.3 is 19.9 Å². The highest BCUT2D eigenvalue weighted by molar-refractivity contribution is 7.89. The maximum absolute atomic E-state index is 13.5. The van der Waals surface area contributed by atoms with Gasteiger partial charge in [-0.2, -0.15) is 4.31 Å². The van der Waals surface area contributed by atoms with Crippen LogP contribution < -0.4 is 5.32 Å². The molecule has 39 heavy (non-hydrogen) atoms. The number of sulfonamides is 1. The van der Waals surface area contributed by atoms with Crippen LogP contribution in [0.1, 0.15) is 31.2 Å². The van der Waals surface area contributed by atoms with Crippen LogP contribution in [0.4, 0.5) is 4.39 Å². The molecule has 212 valence electrons. The second-order valence-electron chi connectivity index (χ2n) is 10.6. The molecule has 3 fully saturated rings. The van der Waals surface area contributed by atoms with Crippen molar-refractivity contribution in [1.82, 2.24) is 14.5 Å². The molecule has 0 aromatic heterocycles. The number of ether oxygens (including phenoxy) is 2. The van der Waals surface area contributed by atoms with Gasteiger partial charge in [-0.25, -0.2) is 12.8 Å². The minimum atomic E-state index is -4.02. The van der Waals surface area contributed by atoms with E-state index in [1.54, 1.807) is 0 Å². The van der Waals surface area contributed by atoms with Gasteiger partial charge in [-0.05, 0) is 49.1 Å². The lowest BCUT2D eigenvalue weighted by atomic mass is 9.96. The van der Waals surface area contributed by atoms with Gasteiger partial charge in [-0.1, -0.05) is 30.3 Å². The lowest BCUT2D eigenvalue weighted by Crippen LogP contribution is -2.57. The van der Waals surface area contributed by atoms with Crippen molar-refractivity contribution >= 4 is 15.9 Å². The third kappa shape index (κ3) is 7.03. The highest BCUT2D eigenvalue weighted by Gasteiger charge is 2.43. The van der Waals surface area contributed by atoms with Crippen molar-refractivity contribution in [2.24, 2.45) is 0 Å². The first-order valence-corrected chi connectivity index (χ1v) is 15.0. The van der Waals surface area contributed by atoms with Gasteiger partial charge in [0.15, 0.2) is 0 Å². The maximum Gasteiger partial charge on any atom is 0.243 e. The van der Waals surface area contributed by atoms with E-state index in [4.69, 9.17) is 9.47 Å². The Kier molecular flexibility index (Phi) is 8.95. The van der Waals surface area contributed by atoms with Crippen molar-refractivity contribution < 1.29 is 32.2 Å². The number of amides is 1. The van der Waals surface area contributed by atoms with E-state index in [0.29, 0.717) is 12.8 Å². The van der Waals surface area contributed by atoms with Crippen LogP contribution in [0, 0.1) is 5.82 Å². The molecule has 5 atom stereocenters. The lowest BCUT2D eigenvalue weighted by molar-refractivity contribution is -0.146. The van der Waals surface area contributed by atoms with Crippen LogP contribution in [0.3, 0.4) is 0 Å². The van der Waals surface area contributed by atoms with Crippen molar-refractivity contribution in [2.45, 2.75) is 67.5 Å². The maximum atomic E-state index is 13.5. The number of nitrogens with zero attached hydrogens (tertiary/aromatic N) is 2. The van der Waals surface area contributed by atoms with Gasteiger partial charge in [-0.15, -0.1) is 0 Å². The molecule has 0 spiro atoms. The van der Waals surface area contributed by atoms with Gasteiger partial charge in [0.2, 0.25) is 15.9 Å². The van der Waals surface area contributed by atoms with Crippen LogP contribution in [0.15, 0.2) is 59.5 Å². The number of halogens is 1. The molecule has 0 bridgehead atoms. The Bertz CT molecular complexity index is 1220. The largest absolute Gasteiger partial charge is 0.389 e. The van der Waals surface area contributed by atoms with Crippen molar-refractivity contribution in [2.75, 3.05) is 32.8 Å². The molecule has 3 aliphatic rings. The summed E-state index contributed by atoms with van der Waals surface area (Å²) in [7, 11) is -4.02. The van der Waals surface area contributed by atoms with E-state index in [1.807, 2.05) is 18.2 Å². The zero-order chi connectivity index (χ0) is 27.4. The number of rotatable bonds is 7. The Morgan fingerprint density at radius 1 is 1.03 bits per heavy atom. The van der Waals surface area contributed by atoms with Crippen molar-refractivity contribution in [3.8, 4) is 0 Å². The van der Waals surface area contributed by atoms with Gasteiger partial charge in [0.25, 0.3) is 0 Å². The predicted octanol–water partition coefficient (Wildman–Crippen LogP) is 1.90. The number of hydrogen-bond acceptors (Lipinski definition) is 7. The SMILES string of the molecule is O=C(C[C@@H]1CC[C@H]2[C@@H](COC[C@H](O)CN2S(=O)(=O)c2ccc(F)cc2)O1)N[C@@H]1CCN(Cc2ccccc2)C1. The number of β-amino-alcohol motifs (C(OH)–C–C–N with tert-alkyl or cyclic N) is 1. The smallest absolute Gasteiger partial charge is 0.243 e. The van der Waals surface area contributed by atoms with E-state index >= 15 is 0 Å². The van der Waals surface area contributed by atoms with Gasteiger partial charge in [0.1, 0.15) is 5.82 Å². The van der Waals surface area contributed by atoms with Crippen LogP contribution in [0.5, 0.6) is 0 Å². The van der Waals surface area contributed by atoms with E-state index in [2.05, 4.69) is 22.3 Å². The molecule has 0 saturated carbocycles. The third-order valence-corrected chi connectivity index (χ3v) is 9.56. The number of carbonyl (C=O) groups excluding carboxylic acids is 1. The summed E-state index contributed by atoms with van der Waals surface area (Å²) in [6.45, 7) is 2.49. The zero-order valence-corrected chi connectivity index (χ0v) is 22.6. The average molecular weight is 562 g/mol. The van der Waals surface area contributed by atoms with Crippen LogP contribution in [0.25, 0.3) is 0 Å². The molecule has 3 saturated heterocycles. The lowest BCUT2D eigenvalue weighted by Gasteiger charge is -2.43. The van der Waals surface area contributed by atoms with Crippen molar-refractivity contribution in [1.29, 1.82) is 0 Å². The second kappa shape index (κ2) is 12.4. The Hall–Kier alpha value is -2.41. The van der Waals surface area contributed by atoms with E-state index in [1.165, 1.54) is 22.0 Å². The Balaban J connectivity index is 1.18. The molecule has 2 aromatic carbocycles. The Morgan fingerprint density at radius 2 is 1.79 bits per heavy atom. The summed E-state index contributed by atoms with van der Waals surface area (Å²) in [4.78, 5) is 15.2. The van der Waals surface area contributed by atoms with E-state index < -0.39 is 34.1 Å². The number of hydrogen-bond donors (Lipinski definition) is 2. The average Bonchev–Trinajstić information content (AvgIpc) is 3.33. The van der Waals surface area contributed by atoms with Crippen LogP contribution in [-0.4, -0.2) is 91.9 Å². The number of aliphatic hydroxyl groups excluding tert-OH is 1. The number of carbonyl (C=O) groups is 1. The van der Waals surface area contributed by atoms with E-state index in [-0.39, 0.29) is 49.1 Å². The minimum absolute atomic E-state index is 0.0334. The van der Waals surface area contributed by atoms with Gasteiger partial charge in [0, 0.05) is 32.2 Å². The molecule has 0 unspecified atom stereocenters. The van der Waals surface area contributed by atoms with Gasteiger partial charge in [0.05, 0.1) is 48.9 Å². The second-order valence-corrected chi connectivity index (χ2v) is 12.5. The summed E-state index contributed by atoms with van der Waals surface area (Å²) < 4.78 is 53.5. The first-order chi connectivity index (χ1) is 18.8. The van der Waals surface area contributed by atoms with Crippen LogP contribution in [0.2, 0.25) is 0 Å². The fourth-order valence-corrected chi connectivity index (χ4v) is 7.46. The summed E-state index contributed by atoms with van der Waals surface area (Å²) in [5, 5.41) is 13.5. The molecule has 11 heteroatoms. The van der Waals surface area contributed by atoms with Crippen molar-refractivity contribution in [3.63, 3.8) is 0 Å². The first kappa shape index (κ1) is 28.1. The number of aliphatic hydroxyl groups is 1. The molecule has 5 rings (SSSR count). The predicted molar refractivity (Wildman–Crippen MR) is 142 cm³/mol. The fraction of sp³-hybridized carbons (Fsp3) is 0.536. The highest BCUT2D eigenvalue weighted by atomic mass is 32.2. The minimum Gasteiger partial charge on any atom is -0.389 e. The van der Waals surface area contributed by atoms with Gasteiger partial charge in [-0.3, -0.25) is 9.69 Å². The van der Waals surface area contributed by atoms with Crippen LogP contribution in [-0.2, 0) is 30.8 Å². The number of fused-ring (bicyclic) bond motifs is 1. The summed E-state index contributed by atoms with van der Waals surface area (Å²) in [6, 6.07) is 14.4. The number of nitrogens with one attached hydrogen (secondary N) is 1. The quantitative estimate of drug-likeness (QED) is 0.532. The third-order valence-electron chi connectivity index (χ3n) is 7.65. The Morgan fingerprint density at radius 3 is 2.56 bits per heavy atom. The molecule has 9 nitrogen and oxygen atoms in total. The molecule has 0 radical (unpaired) electrons. The van der Waals surface area contributed by atoms with E-state index in [9.17, 15) is 22.7 Å². The normalized spacial score (nSPS) is 28.8. The monoisotopic (exact) mass is 561 g/mol. The standard InChI is InChI=1S/C28H36FN3O6S/c29-21-6-9-25(10-7-21)39(35,36)32-17-23(33)18-37-19-27-26(32)11-8-24(38-27)14-28(34)30-22-12-13-31(16-22)15-20-4-2-1-3-5-20/h1-7,9-10,22-24,26-27,33H,8,11-19H2,(H,30,34)/t22-,23-,24+,26+,27-/m1/s1. The topological polar surface area (TPSA) is 108 Å². The fourth-order valence-electron chi connectivity index (χ4n) is 5.74. The summed E-state index contributed by atoms with van der Waals surface area (Å²) >= 11 is 0. The van der Waals surface area contributed by atoms with E-state index in [0.717, 1.165) is 38.2 Å². The number of benzene rings is 2. The summed E-state index contributed by atoms with van der Waals surface area (Å²) in [5.41, 5.74) is 1.25. The first-order valence-electron chi connectivity index (χ1n) is 13.5. The van der Waals surface area contributed by atoms with Crippen molar-refractivity contribution in [3.05, 3.63) is 66.0 Å². The zero-order valence-electron chi connectivity index (χ0n) is 21.8. The molecule has 3 aliphatic heterocycles. The summed E-state index contributed by atoms with van der Waals surface area (Å²) in [6.07, 6.45) is 0.0617. The highest BCUT2D eigenvalue weighted by Crippen LogP contribution is 2.31. The number of likely N-dealkylation sites (tertiary alicyclic amines) is 1. The molecule has 0 aliphatic carbocycles. The molecular weight excluding hydrogens is 525 g/mol. The molecule has 2 N–H and O–H groups in total. The molecular formula is C28H36FN3O6S. The van der Waals surface area contributed by atoms with Gasteiger partial charge >= 0.3 is 0 Å². The molecule has 3 heterocycles. The van der Waals surface area contributed by atoms with Crippen LogP contribution >= 0.6 is 0 Å². The molecule has 1 amide bonds. The Labute approximate surface area is 228 Å².